The maximum Gasteiger partial charge on any atom is 0.235 e. The summed E-state index contributed by atoms with van der Waals surface area (Å²) < 4.78 is 5.03. The van der Waals surface area contributed by atoms with Gasteiger partial charge in [-0.25, -0.2) is 4.79 Å². The minimum atomic E-state index is -0.0848. The third-order valence-corrected chi connectivity index (χ3v) is 2.10. The van der Waals surface area contributed by atoms with Crippen molar-refractivity contribution >= 4 is 6.08 Å². The molecule has 0 radical (unpaired) electrons. The van der Waals surface area contributed by atoms with Gasteiger partial charge in [-0.3, -0.25) is 0 Å². The van der Waals surface area contributed by atoms with Gasteiger partial charge in [-0.05, 0) is 24.1 Å². The first-order valence-corrected chi connectivity index (χ1v) is 4.52. The van der Waals surface area contributed by atoms with E-state index < -0.39 is 0 Å². The zero-order chi connectivity index (χ0) is 10.4. The first-order valence-electron chi connectivity index (χ1n) is 4.52. The fourth-order valence-corrected chi connectivity index (χ4v) is 1.29. The summed E-state index contributed by atoms with van der Waals surface area (Å²) >= 11 is 0. The Hall–Kier alpha value is -1.60. The van der Waals surface area contributed by atoms with Crippen LogP contribution in [0, 0.1) is 0 Å². The van der Waals surface area contributed by atoms with E-state index >= 15 is 0 Å². The topological polar surface area (TPSA) is 38.7 Å². The lowest BCUT2D eigenvalue weighted by Gasteiger charge is -2.08. The second-order valence-corrected chi connectivity index (χ2v) is 2.92. The van der Waals surface area contributed by atoms with Gasteiger partial charge in [0.1, 0.15) is 5.75 Å². The summed E-state index contributed by atoms with van der Waals surface area (Å²) in [5, 5.41) is 0. The molecule has 3 heteroatoms. The van der Waals surface area contributed by atoms with E-state index in [0.717, 1.165) is 17.7 Å². The monoisotopic (exact) mass is 191 g/mol. The SMILES string of the molecule is CCC(N=C=O)c1ccc(OC)cc1. The van der Waals surface area contributed by atoms with Gasteiger partial charge in [0, 0.05) is 0 Å². The van der Waals surface area contributed by atoms with Gasteiger partial charge in [0.2, 0.25) is 6.08 Å². The fourth-order valence-electron chi connectivity index (χ4n) is 1.29. The summed E-state index contributed by atoms with van der Waals surface area (Å²) in [4.78, 5) is 13.9. The second-order valence-electron chi connectivity index (χ2n) is 2.92. The smallest absolute Gasteiger partial charge is 0.235 e. The average Bonchev–Trinajstić information content (AvgIpc) is 2.26. The molecule has 0 N–H and O–H groups in total. The molecule has 1 atom stereocenters. The maximum absolute atomic E-state index is 10.2. The second kappa shape index (κ2) is 5.20. The summed E-state index contributed by atoms with van der Waals surface area (Å²) in [7, 11) is 1.62. The Morgan fingerprint density at radius 3 is 2.50 bits per heavy atom. The van der Waals surface area contributed by atoms with Crippen LogP contribution in [0.15, 0.2) is 29.3 Å². The number of hydrogen-bond acceptors (Lipinski definition) is 3. The number of isocyanates is 1. The fraction of sp³-hybridized carbons (Fsp3) is 0.364. The molecular weight excluding hydrogens is 178 g/mol. The highest BCUT2D eigenvalue weighted by Gasteiger charge is 2.06. The number of benzene rings is 1. The Labute approximate surface area is 83.4 Å². The van der Waals surface area contributed by atoms with Crippen LogP contribution >= 0.6 is 0 Å². The zero-order valence-electron chi connectivity index (χ0n) is 8.36. The van der Waals surface area contributed by atoms with Crippen molar-refractivity contribution < 1.29 is 9.53 Å². The van der Waals surface area contributed by atoms with Crippen LogP contribution in [0.5, 0.6) is 5.75 Å². The minimum absolute atomic E-state index is 0.0848. The van der Waals surface area contributed by atoms with Crippen molar-refractivity contribution in [3.05, 3.63) is 29.8 Å². The van der Waals surface area contributed by atoms with Gasteiger partial charge in [0.15, 0.2) is 0 Å². The number of hydrogen-bond donors (Lipinski definition) is 0. The lowest BCUT2D eigenvalue weighted by Crippen LogP contribution is -1.93. The average molecular weight is 191 g/mol. The van der Waals surface area contributed by atoms with Gasteiger partial charge in [0.05, 0.1) is 13.2 Å². The van der Waals surface area contributed by atoms with E-state index in [4.69, 9.17) is 4.74 Å². The minimum Gasteiger partial charge on any atom is -0.497 e. The molecule has 0 amide bonds. The lowest BCUT2D eigenvalue weighted by molar-refractivity contribution is 0.414. The number of nitrogens with zero attached hydrogens (tertiary/aromatic N) is 1. The van der Waals surface area contributed by atoms with E-state index in [9.17, 15) is 4.79 Å². The molecule has 0 saturated heterocycles. The van der Waals surface area contributed by atoms with Crippen molar-refractivity contribution in [3.63, 3.8) is 0 Å². The highest BCUT2D eigenvalue weighted by atomic mass is 16.5. The van der Waals surface area contributed by atoms with E-state index in [1.807, 2.05) is 31.2 Å². The molecule has 1 aromatic rings. The van der Waals surface area contributed by atoms with Gasteiger partial charge in [-0.1, -0.05) is 19.1 Å². The van der Waals surface area contributed by atoms with Gasteiger partial charge in [-0.2, -0.15) is 4.99 Å². The predicted molar refractivity (Wildman–Crippen MR) is 54.1 cm³/mol. The van der Waals surface area contributed by atoms with Crippen molar-refractivity contribution in [2.24, 2.45) is 4.99 Å². The van der Waals surface area contributed by atoms with Gasteiger partial charge in [0.25, 0.3) is 0 Å². The molecular formula is C11H13NO2. The Kier molecular flexibility index (Phi) is 3.89. The molecule has 0 bridgehead atoms. The molecule has 0 heterocycles. The van der Waals surface area contributed by atoms with Crippen LogP contribution in [0.25, 0.3) is 0 Å². The summed E-state index contributed by atoms with van der Waals surface area (Å²) in [5.41, 5.74) is 1.01. The number of carbonyl (C=O) groups excluding carboxylic acids is 1. The van der Waals surface area contributed by atoms with Crippen LogP contribution in [0.1, 0.15) is 24.9 Å². The van der Waals surface area contributed by atoms with E-state index in [-0.39, 0.29) is 6.04 Å². The van der Waals surface area contributed by atoms with Gasteiger partial charge < -0.3 is 4.74 Å². The number of rotatable bonds is 4. The standard InChI is InChI=1S/C11H13NO2/c1-3-11(12-8-13)9-4-6-10(14-2)7-5-9/h4-7,11H,3H2,1-2H3. The van der Waals surface area contributed by atoms with E-state index in [1.165, 1.54) is 0 Å². The largest absolute Gasteiger partial charge is 0.497 e. The highest BCUT2D eigenvalue weighted by molar-refractivity contribution is 5.36. The number of methoxy groups -OCH3 is 1. The summed E-state index contributed by atoms with van der Waals surface area (Å²) in [6.07, 6.45) is 2.38. The predicted octanol–water partition coefficient (Wildman–Crippen LogP) is 2.48. The van der Waals surface area contributed by atoms with Crippen molar-refractivity contribution in [1.82, 2.24) is 0 Å². The number of ether oxygens (including phenoxy) is 1. The van der Waals surface area contributed by atoms with Crippen LogP contribution in [0.2, 0.25) is 0 Å². The molecule has 1 unspecified atom stereocenters. The summed E-state index contributed by atoms with van der Waals surface area (Å²) in [6, 6.07) is 7.46. The Morgan fingerprint density at radius 1 is 1.43 bits per heavy atom. The molecule has 14 heavy (non-hydrogen) atoms. The van der Waals surface area contributed by atoms with E-state index in [1.54, 1.807) is 13.2 Å². The zero-order valence-corrected chi connectivity index (χ0v) is 8.36. The summed E-state index contributed by atoms with van der Waals surface area (Å²) in [6.45, 7) is 1.98. The third kappa shape index (κ3) is 2.44. The first-order chi connectivity index (χ1) is 6.81. The van der Waals surface area contributed by atoms with E-state index in [2.05, 4.69) is 4.99 Å². The van der Waals surface area contributed by atoms with E-state index in [0.29, 0.717) is 0 Å². The summed E-state index contributed by atoms with van der Waals surface area (Å²) in [5.74, 6) is 0.804. The van der Waals surface area contributed by atoms with Crippen LogP contribution in [-0.2, 0) is 4.79 Å². The normalized spacial score (nSPS) is 11.6. The molecule has 1 rings (SSSR count). The van der Waals surface area contributed by atoms with Gasteiger partial charge in [-0.15, -0.1) is 0 Å². The highest BCUT2D eigenvalue weighted by Crippen LogP contribution is 2.22. The number of aliphatic imine (C=N–C) groups is 1. The Bertz CT molecular complexity index is 326. The molecule has 1 aromatic carbocycles. The molecule has 0 aromatic heterocycles. The lowest BCUT2D eigenvalue weighted by atomic mass is 10.1. The van der Waals surface area contributed by atoms with Crippen molar-refractivity contribution in [2.45, 2.75) is 19.4 Å². The molecule has 0 saturated carbocycles. The van der Waals surface area contributed by atoms with Gasteiger partial charge >= 0.3 is 0 Å². The van der Waals surface area contributed by atoms with Crippen LogP contribution < -0.4 is 4.74 Å². The molecule has 0 aliphatic rings. The van der Waals surface area contributed by atoms with Crippen molar-refractivity contribution in [2.75, 3.05) is 7.11 Å². The van der Waals surface area contributed by atoms with Crippen LogP contribution in [0.3, 0.4) is 0 Å². The van der Waals surface area contributed by atoms with Crippen LogP contribution in [0.4, 0.5) is 0 Å². The van der Waals surface area contributed by atoms with Crippen LogP contribution in [-0.4, -0.2) is 13.2 Å². The third-order valence-electron chi connectivity index (χ3n) is 2.10. The molecule has 0 spiro atoms. The molecule has 3 nitrogen and oxygen atoms in total. The Balaban J connectivity index is 2.88. The van der Waals surface area contributed by atoms with Crippen molar-refractivity contribution in [1.29, 1.82) is 0 Å². The Morgan fingerprint density at radius 2 is 2.07 bits per heavy atom. The molecule has 0 aliphatic carbocycles. The maximum atomic E-state index is 10.2. The quantitative estimate of drug-likeness (QED) is 0.541. The molecule has 0 fully saturated rings. The molecule has 74 valence electrons. The molecule has 0 aliphatic heterocycles. The first kappa shape index (κ1) is 10.5. The van der Waals surface area contributed by atoms with Crippen molar-refractivity contribution in [3.8, 4) is 5.75 Å².